The van der Waals surface area contributed by atoms with E-state index in [1.54, 1.807) is 54.5 Å². The highest BCUT2D eigenvalue weighted by Gasteiger charge is 2.27. The van der Waals surface area contributed by atoms with Crippen molar-refractivity contribution in [3.05, 3.63) is 59.9 Å². The summed E-state index contributed by atoms with van der Waals surface area (Å²) in [6.45, 7) is 1.33. The molecule has 0 aliphatic carbocycles. The lowest BCUT2D eigenvalue weighted by Gasteiger charge is -2.35. The quantitative estimate of drug-likeness (QED) is 0.554. The summed E-state index contributed by atoms with van der Waals surface area (Å²) in [5, 5.41) is 11.1. The molecule has 5 rings (SSSR count). The van der Waals surface area contributed by atoms with Crippen LogP contribution < -0.4 is 21.1 Å². The molecule has 166 valence electrons. The first-order valence-corrected chi connectivity index (χ1v) is 10.5. The third-order valence-corrected chi connectivity index (χ3v) is 5.64. The number of ether oxygens (including phenoxy) is 1. The van der Waals surface area contributed by atoms with Gasteiger partial charge in [-0.25, -0.2) is 9.67 Å². The number of carbonyl (C=O) groups is 1. The van der Waals surface area contributed by atoms with Gasteiger partial charge in [0.1, 0.15) is 11.6 Å². The molecule has 10 heteroatoms. The third kappa shape index (κ3) is 3.92. The van der Waals surface area contributed by atoms with Crippen molar-refractivity contribution in [1.82, 2.24) is 30.3 Å². The summed E-state index contributed by atoms with van der Waals surface area (Å²) in [6.07, 6.45) is 4.75. The zero-order chi connectivity index (χ0) is 22.1. The summed E-state index contributed by atoms with van der Waals surface area (Å²) >= 11 is 0. The number of amides is 1. The molecule has 4 N–H and O–H groups in total. The van der Waals surface area contributed by atoms with Crippen LogP contribution in [0.1, 0.15) is 35.3 Å². The highest BCUT2D eigenvalue weighted by atomic mass is 16.5. The first-order valence-electron chi connectivity index (χ1n) is 10.5. The summed E-state index contributed by atoms with van der Waals surface area (Å²) in [4.78, 5) is 19.4. The molecular weight excluding hydrogens is 410 g/mol. The van der Waals surface area contributed by atoms with Gasteiger partial charge in [-0.1, -0.05) is 0 Å². The van der Waals surface area contributed by atoms with Crippen LogP contribution in [0.3, 0.4) is 0 Å². The van der Waals surface area contributed by atoms with E-state index in [0.717, 1.165) is 31.0 Å². The molecule has 1 fully saturated rings. The highest BCUT2D eigenvalue weighted by molar-refractivity contribution is 5.94. The second kappa shape index (κ2) is 8.39. The summed E-state index contributed by atoms with van der Waals surface area (Å²) in [7, 11) is 1.61. The Labute approximate surface area is 185 Å². The van der Waals surface area contributed by atoms with Crippen LogP contribution in [0.15, 0.2) is 52.9 Å². The molecule has 1 saturated heterocycles. The number of fused-ring (bicyclic) bond motifs is 1. The van der Waals surface area contributed by atoms with Gasteiger partial charge in [0.2, 0.25) is 5.82 Å². The largest absolute Gasteiger partial charge is 0.497 e. The Bertz CT molecular complexity index is 1120. The number of rotatable bonds is 5. The van der Waals surface area contributed by atoms with Crippen molar-refractivity contribution in [2.75, 3.05) is 20.2 Å². The van der Waals surface area contributed by atoms with E-state index in [1.807, 2.05) is 11.0 Å². The number of nitrogens with zero attached hydrogens (tertiary/aromatic N) is 4. The van der Waals surface area contributed by atoms with Gasteiger partial charge in [0.05, 0.1) is 13.4 Å². The first kappa shape index (κ1) is 20.1. The number of carbonyl (C=O) groups excluding carboxylic acids is 1. The molecular formula is C22H25N7O3. The van der Waals surface area contributed by atoms with Crippen molar-refractivity contribution in [3.8, 4) is 17.3 Å². The Morgan fingerprint density at radius 2 is 2.16 bits per heavy atom. The van der Waals surface area contributed by atoms with Gasteiger partial charge >= 0.3 is 0 Å². The van der Waals surface area contributed by atoms with Crippen molar-refractivity contribution in [1.29, 1.82) is 0 Å². The molecule has 2 aromatic heterocycles. The number of furan rings is 1. The topological polar surface area (TPSA) is 123 Å². The molecule has 3 aromatic rings. The van der Waals surface area contributed by atoms with Crippen LogP contribution in [-0.2, 0) is 0 Å². The van der Waals surface area contributed by atoms with E-state index in [1.165, 1.54) is 0 Å². The molecule has 32 heavy (non-hydrogen) atoms. The number of methoxy groups -OCH3 is 1. The number of piperidine rings is 1. The number of aromatic nitrogens is 3. The Balaban J connectivity index is 1.27. The Morgan fingerprint density at radius 3 is 2.91 bits per heavy atom. The second-order valence-corrected chi connectivity index (χ2v) is 7.83. The summed E-state index contributed by atoms with van der Waals surface area (Å²) < 4.78 is 12.2. The van der Waals surface area contributed by atoms with E-state index in [-0.39, 0.29) is 11.9 Å². The SMILES string of the molecule is COc1ccc(C(=O)N2CCCC(NC3=Cc4nc(-c5ccco5)nn4C(N)N3)C2)cc1. The van der Waals surface area contributed by atoms with Crippen LogP contribution in [-0.4, -0.2) is 51.8 Å². The molecule has 1 amide bonds. The average molecular weight is 435 g/mol. The molecule has 0 radical (unpaired) electrons. The fourth-order valence-electron chi connectivity index (χ4n) is 4.04. The predicted octanol–water partition coefficient (Wildman–Crippen LogP) is 1.76. The van der Waals surface area contributed by atoms with Crippen LogP contribution in [0.4, 0.5) is 0 Å². The highest BCUT2D eigenvalue weighted by Crippen LogP contribution is 2.22. The van der Waals surface area contributed by atoms with Crippen LogP contribution in [0.25, 0.3) is 17.7 Å². The number of nitrogens with one attached hydrogen (secondary N) is 2. The number of hydrogen-bond acceptors (Lipinski definition) is 8. The van der Waals surface area contributed by atoms with Gasteiger partial charge < -0.3 is 24.7 Å². The second-order valence-electron chi connectivity index (χ2n) is 7.83. The van der Waals surface area contributed by atoms with Crippen LogP contribution in [0, 0.1) is 0 Å². The molecule has 10 nitrogen and oxygen atoms in total. The van der Waals surface area contributed by atoms with Crippen LogP contribution >= 0.6 is 0 Å². The maximum Gasteiger partial charge on any atom is 0.253 e. The zero-order valence-electron chi connectivity index (χ0n) is 17.7. The minimum absolute atomic E-state index is 0.0178. The number of nitrogens with two attached hydrogens (primary N) is 1. The van der Waals surface area contributed by atoms with E-state index in [2.05, 4.69) is 20.7 Å². The minimum atomic E-state index is -0.561. The lowest BCUT2D eigenvalue weighted by atomic mass is 10.0. The molecule has 0 spiro atoms. The molecule has 1 aromatic carbocycles. The smallest absolute Gasteiger partial charge is 0.253 e. The summed E-state index contributed by atoms with van der Waals surface area (Å²) in [6, 6.07) is 10.9. The maximum absolute atomic E-state index is 12.9. The monoisotopic (exact) mass is 435 g/mol. The van der Waals surface area contributed by atoms with Gasteiger partial charge in [-0.15, -0.1) is 5.10 Å². The Morgan fingerprint density at radius 1 is 1.31 bits per heavy atom. The van der Waals surface area contributed by atoms with Gasteiger partial charge in [-0.05, 0) is 49.2 Å². The number of benzene rings is 1. The maximum atomic E-state index is 12.9. The molecule has 0 bridgehead atoms. The summed E-state index contributed by atoms with van der Waals surface area (Å²) in [5.74, 6) is 3.20. The molecule has 0 saturated carbocycles. The van der Waals surface area contributed by atoms with Gasteiger partial charge in [-0.3, -0.25) is 10.5 Å². The normalized spacial score (nSPS) is 20.2. The molecule has 2 atom stereocenters. The molecule has 2 unspecified atom stereocenters. The van der Waals surface area contributed by atoms with Crippen molar-refractivity contribution in [3.63, 3.8) is 0 Å². The standard InChI is InChI=1S/C22H25N7O3/c1-31-16-8-6-14(7-9-16)21(30)28-10-2-4-15(13-28)24-18-12-19-26-20(17-5-3-11-32-17)27-29(19)22(23)25-18/h3,5-9,11-12,15,22,24-25H,2,4,10,13,23H2,1H3. The van der Waals surface area contributed by atoms with Crippen molar-refractivity contribution in [2.24, 2.45) is 5.73 Å². The fourth-order valence-corrected chi connectivity index (χ4v) is 4.04. The van der Waals surface area contributed by atoms with Crippen molar-refractivity contribution >= 4 is 12.0 Å². The van der Waals surface area contributed by atoms with E-state index >= 15 is 0 Å². The lowest BCUT2D eigenvalue weighted by molar-refractivity contribution is 0.0697. The van der Waals surface area contributed by atoms with Gasteiger partial charge in [-0.2, -0.15) is 0 Å². The minimum Gasteiger partial charge on any atom is -0.497 e. The molecule has 4 heterocycles. The molecule has 2 aliphatic rings. The van der Waals surface area contributed by atoms with Gasteiger partial charge in [0, 0.05) is 30.8 Å². The van der Waals surface area contributed by atoms with Crippen molar-refractivity contribution < 1.29 is 13.9 Å². The van der Waals surface area contributed by atoms with E-state index in [9.17, 15) is 4.79 Å². The lowest BCUT2D eigenvalue weighted by Crippen LogP contribution is -2.51. The van der Waals surface area contributed by atoms with E-state index < -0.39 is 6.29 Å². The van der Waals surface area contributed by atoms with Gasteiger partial charge in [0.15, 0.2) is 17.9 Å². The number of likely N-dealkylation sites (tertiary alicyclic amines) is 1. The third-order valence-electron chi connectivity index (χ3n) is 5.64. The fraction of sp³-hybridized carbons (Fsp3) is 0.318. The van der Waals surface area contributed by atoms with Crippen molar-refractivity contribution in [2.45, 2.75) is 25.2 Å². The first-order chi connectivity index (χ1) is 15.6. The number of hydrogen-bond donors (Lipinski definition) is 3. The van der Waals surface area contributed by atoms with Crippen LogP contribution in [0.2, 0.25) is 0 Å². The Kier molecular flexibility index (Phi) is 5.28. The molecule has 2 aliphatic heterocycles. The Hall–Kier alpha value is -3.79. The average Bonchev–Trinajstić information content (AvgIpc) is 3.49. The van der Waals surface area contributed by atoms with Gasteiger partial charge in [0.25, 0.3) is 5.91 Å². The summed E-state index contributed by atoms with van der Waals surface area (Å²) in [5.41, 5.74) is 6.90. The van der Waals surface area contributed by atoms with Crippen LogP contribution in [0.5, 0.6) is 5.75 Å². The van der Waals surface area contributed by atoms with E-state index in [0.29, 0.717) is 29.5 Å². The van der Waals surface area contributed by atoms with E-state index in [4.69, 9.17) is 14.9 Å². The predicted molar refractivity (Wildman–Crippen MR) is 117 cm³/mol. The zero-order valence-corrected chi connectivity index (χ0v) is 17.7.